The van der Waals surface area contributed by atoms with Crippen LogP contribution in [-0.2, 0) is 16.3 Å². The van der Waals surface area contributed by atoms with Gasteiger partial charge in [-0.15, -0.1) is 0 Å². The van der Waals surface area contributed by atoms with Gasteiger partial charge in [0.05, 0.1) is 10.6 Å². The van der Waals surface area contributed by atoms with Gasteiger partial charge in [0.2, 0.25) is 0 Å². The zero-order chi connectivity index (χ0) is 12.0. The number of rotatable bonds is 6. The zero-order valence-electron chi connectivity index (χ0n) is 9.65. The van der Waals surface area contributed by atoms with Gasteiger partial charge in [0, 0.05) is 0 Å². The molecule has 0 amide bonds. The highest BCUT2D eigenvalue weighted by Crippen LogP contribution is 2.15. The number of hydrogen-bond donors (Lipinski definition) is 1. The van der Waals surface area contributed by atoms with Crippen LogP contribution in [0.15, 0.2) is 29.2 Å². The summed E-state index contributed by atoms with van der Waals surface area (Å²) in [5.74, 6) is 0.216. The predicted octanol–water partition coefficient (Wildman–Crippen LogP) is 1.76. The summed E-state index contributed by atoms with van der Waals surface area (Å²) in [6.45, 7) is 2.50. The van der Waals surface area contributed by atoms with Gasteiger partial charge in [0.1, 0.15) is 0 Å². The Hall–Kier alpha value is -0.870. The van der Waals surface area contributed by atoms with Crippen molar-refractivity contribution < 1.29 is 8.42 Å². The molecule has 90 valence electrons. The molecule has 0 aliphatic heterocycles. The van der Waals surface area contributed by atoms with Gasteiger partial charge in [-0.25, -0.2) is 8.42 Å². The molecular weight excluding hydrogens is 222 g/mol. The summed E-state index contributed by atoms with van der Waals surface area (Å²) in [7, 11) is -3.09. The molecule has 4 heteroatoms. The number of benzene rings is 1. The van der Waals surface area contributed by atoms with E-state index in [4.69, 9.17) is 5.73 Å². The van der Waals surface area contributed by atoms with Gasteiger partial charge in [-0.05, 0) is 43.5 Å². The Labute approximate surface area is 97.6 Å². The van der Waals surface area contributed by atoms with E-state index in [-0.39, 0.29) is 5.75 Å². The van der Waals surface area contributed by atoms with E-state index in [1.807, 2.05) is 13.0 Å². The Morgan fingerprint density at radius 2 is 2.06 bits per heavy atom. The topological polar surface area (TPSA) is 60.2 Å². The Kier molecular flexibility index (Phi) is 4.96. The first-order chi connectivity index (χ1) is 7.60. The smallest absolute Gasteiger partial charge is 0.178 e. The summed E-state index contributed by atoms with van der Waals surface area (Å²) in [6.07, 6.45) is 2.37. The zero-order valence-corrected chi connectivity index (χ0v) is 10.5. The van der Waals surface area contributed by atoms with Crippen molar-refractivity contribution in [2.24, 2.45) is 5.73 Å². The lowest BCUT2D eigenvalue weighted by atomic mass is 10.1. The molecule has 0 aliphatic carbocycles. The second-order valence-electron chi connectivity index (χ2n) is 3.86. The normalized spacial score (nSPS) is 11.6. The van der Waals surface area contributed by atoms with Gasteiger partial charge in [-0.1, -0.05) is 19.1 Å². The third kappa shape index (κ3) is 3.61. The van der Waals surface area contributed by atoms with E-state index in [0.717, 1.165) is 18.4 Å². The monoisotopic (exact) mass is 241 g/mol. The standard InChI is InChI=1S/C12H19NO2S/c1-2-9-16(14,15)12-7-3-5-11(10-12)6-4-8-13/h3,5,7,10H,2,4,6,8-9,13H2,1H3. The van der Waals surface area contributed by atoms with Crippen molar-refractivity contribution in [2.75, 3.05) is 12.3 Å². The fourth-order valence-electron chi connectivity index (χ4n) is 1.59. The highest BCUT2D eigenvalue weighted by atomic mass is 32.2. The van der Waals surface area contributed by atoms with Crippen molar-refractivity contribution in [2.45, 2.75) is 31.1 Å². The molecule has 0 aliphatic rings. The van der Waals surface area contributed by atoms with Crippen LogP contribution in [0.25, 0.3) is 0 Å². The van der Waals surface area contributed by atoms with Crippen LogP contribution in [0.3, 0.4) is 0 Å². The molecule has 1 aromatic carbocycles. The lowest BCUT2D eigenvalue weighted by Gasteiger charge is -2.05. The van der Waals surface area contributed by atoms with Crippen molar-refractivity contribution in [3.05, 3.63) is 29.8 Å². The quantitative estimate of drug-likeness (QED) is 0.825. The average Bonchev–Trinajstić information content (AvgIpc) is 2.27. The molecule has 0 heterocycles. The largest absolute Gasteiger partial charge is 0.330 e. The Bertz CT molecular complexity index is 426. The molecule has 16 heavy (non-hydrogen) atoms. The van der Waals surface area contributed by atoms with Crippen molar-refractivity contribution >= 4 is 9.84 Å². The van der Waals surface area contributed by atoms with Gasteiger partial charge in [0.25, 0.3) is 0 Å². The average molecular weight is 241 g/mol. The summed E-state index contributed by atoms with van der Waals surface area (Å²) >= 11 is 0. The van der Waals surface area contributed by atoms with Crippen LogP contribution in [0, 0.1) is 0 Å². The first-order valence-corrected chi connectivity index (χ1v) is 7.27. The minimum absolute atomic E-state index is 0.216. The lowest BCUT2D eigenvalue weighted by molar-refractivity contribution is 0.594. The highest BCUT2D eigenvalue weighted by Gasteiger charge is 2.12. The summed E-state index contributed by atoms with van der Waals surface area (Å²) in [5.41, 5.74) is 6.47. The van der Waals surface area contributed by atoms with Crippen LogP contribution in [0.4, 0.5) is 0 Å². The molecule has 3 nitrogen and oxygen atoms in total. The van der Waals surface area contributed by atoms with E-state index in [0.29, 0.717) is 17.9 Å². The molecule has 0 fully saturated rings. The van der Waals surface area contributed by atoms with Crippen LogP contribution in [0.2, 0.25) is 0 Å². The predicted molar refractivity (Wildman–Crippen MR) is 66.2 cm³/mol. The fourth-order valence-corrected chi connectivity index (χ4v) is 2.98. The summed E-state index contributed by atoms with van der Waals surface area (Å²) in [5, 5.41) is 0. The maximum absolute atomic E-state index is 11.8. The lowest BCUT2D eigenvalue weighted by Crippen LogP contribution is -2.06. The van der Waals surface area contributed by atoms with Crippen LogP contribution in [0.5, 0.6) is 0 Å². The maximum Gasteiger partial charge on any atom is 0.178 e. The van der Waals surface area contributed by atoms with E-state index >= 15 is 0 Å². The minimum Gasteiger partial charge on any atom is -0.330 e. The number of sulfone groups is 1. The molecule has 0 saturated carbocycles. The van der Waals surface area contributed by atoms with Crippen LogP contribution >= 0.6 is 0 Å². The Morgan fingerprint density at radius 3 is 2.69 bits per heavy atom. The molecule has 0 radical (unpaired) electrons. The summed E-state index contributed by atoms with van der Waals surface area (Å²) < 4.78 is 23.7. The van der Waals surface area contributed by atoms with E-state index < -0.39 is 9.84 Å². The van der Waals surface area contributed by atoms with Crippen LogP contribution in [-0.4, -0.2) is 20.7 Å². The molecule has 2 N–H and O–H groups in total. The highest BCUT2D eigenvalue weighted by molar-refractivity contribution is 7.91. The van der Waals surface area contributed by atoms with Gasteiger partial charge in [-0.3, -0.25) is 0 Å². The molecule has 0 bridgehead atoms. The molecule has 0 spiro atoms. The van der Waals surface area contributed by atoms with E-state index in [1.165, 1.54) is 0 Å². The van der Waals surface area contributed by atoms with E-state index in [9.17, 15) is 8.42 Å². The second-order valence-corrected chi connectivity index (χ2v) is 5.97. The SMILES string of the molecule is CCCS(=O)(=O)c1cccc(CCCN)c1. The van der Waals surface area contributed by atoms with Crippen LogP contribution < -0.4 is 5.73 Å². The molecule has 0 atom stereocenters. The molecule has 1 rings (SSSR count). The van der Waals surface area contributed by atoms with Gasteiger partial charge in [-0.2, -0.15) is 0 Å². The first kappa shape index (κ1) is 13.2. The van der Waals surface area contributed by atoms with Gasteiger partial charge >= 0.3 is 0 Å². The third-order valence-electron chi connectivity index (χ3n) is 2.40. The minimum atomic E-state index is -3.09. The maximum atomic E-state index is 11.8. The number of hydrogen-bond acceptors (Lipinski definition) is 3. The first-order valence-electron chi connectivity index (χ1n) is 5.62. The third-order valence-corrected chi connectivity index (χ3v) is 4.32. The second kappa shape index (κ2) is 6.01. The molecule has 1 aromatic rings. The Morgan fingerprint density at radius 1 is 1.31 bits per heavy atom. The summed E-state index contributed by atoms with van der Waals surface area (Å²) in [6, 6.07) is 7.17. The number of aryl methyl sites for hydroxylation is 1. The van der Waals surface area contributed by atoms with Gasteiger partial charge in [0.15, 0.2) is 9.84 Å². The Balaban J connectivity index is 2.89. The number of nitrogens with two attached hydrogens (primary N) is 1. The summed E-state index contributed by atoms with van der Waals surface area (Å²) in [4.78, 5) is 0.434. The van der Waals surface area contributed by atoms with Crippen molar-refractivity contribution in [1.29, 1.82) is 0 Å². The van der Waals surface area contributed by atoms with Gasteiger partial charge < -0.3 is 5.73 Å². The van der Waals surface area contributed by atoms with E-state index in [1.54, 1.807) is 18.2 Å². The van der Waals surface area contributed by atoms with Crippen LogP contribution in [0.1, 0.15) is 25.3 Å². The van der Waals surface area contributed by atoms with Crippen molar-refractivity contribution in [3.63, 3.8) is 0 Å². The molecular formula is C12H19NO2S. The van der Waals surface area contributed by atoms with Crippen molar-refractivity contribution in [3.8, 4) is 0 Å². The van der Waals surface area contributed by atoms with E-state index in [2.05, 4.69) is 0 Å². The molecule has 0 saturated heterocycles. The fraction of sp³-hybridized carbons (Fsp3) is 0.500. The molecule has 0 aromatic heterocycles. The molecule has 0 unspecified atom stereocenters. The van der Waals surface area contributed by atoms with Crippen molar-refractivity contribution in [1.82, 2.24) is 0 Å².